The Morgan fingerprint density at radius 2 is 2.30 bits per heavy atom. The average Bonchev–Trinajstić information content (AvgIpc) is 2.75. The van der Waals surface area contributed by atoms with Crippen molar-refractivity contribution in [3.8, 4) is 0 Å². The van der Waals surface area contributed by atoms with E-state index in [-0.39, 0.29) is 5.91 Å². The molecule has 0 bridgehead atoms. The number of fused-ring (bicyclic) bond motifs is 1. The summed E-state index contributed by atoms with van der Waals surface area (Å²) in [5, 5.41) is 9.50. The molecule has 4 nitrogen and oxygen atoms in total. The van der Waals surface area contributed by atoms with E-state index in [1.165, 1.54) is 5.56 Å². The lowest BCUT2D eigenvalue weighted by molar-refractivity contribution is -0.116. The molecule has 0 saturated carbocycles. The third kappa shape index (κ3) is 2.99. The zero-order chi connectivity index (χ0) is 13.9. The molecule has 0 aliphatic carbocycles. The molecule has 3 rings (SSSR count). The molecule has 2 N–H and O–H groups in total. The molecule has 1 aliphatic rings. The molecule has 1 amide bonds. The number of benzene rings is 1. The van der Waals surface area contributed by atoms with E-state index in [0.717, 1.165) is 41.5 Å². The van der Waals surface area contributed by atoms with Gasteiger partial charge in [-0.2, -0.15) is 0 Å². The summed E-state index contributed by atoms with van der Waals surface area (Å²) in [5.74, 6) is 0.113. The first-order valence-electron chi connectivity index (χ1n) is 6.78. The molecule has 5 heteroatoms. The third-order valence-electron chi connectivity index (χ3n) is 3.37. The van der Waals surface area contributed by atoms with E-state index in [9.17, 15) is 4.79 Å². The van der Waals surface area contributed by atoms with Crippen LogP contribution in [0.15, 0.2) is 23.6 Å². The van der Waals surface area contributed by atoms with Gasteiger partial charge in [0.15, 0.2) is 0 Å². The van der Waals surface area contributed by atoms with Gasteiger partial charge in [-0.1, -0.05) is 0 Å². The van der Waals surface area contributed by atoms with Crippen LogP contribution in [0.4, 0.5) is 11.4 Å². The van der Waals surface area contributed by atoms with Gasteiger partial charge < -0.3 is 10.6 Å². The highest BCUT2D eigenvalue weighted by Gasteiger charge is 2.12. The maximum absolute atomic E-state index is 11.5. The molecule has 2 aromatic rings. The van der Waals surface area contributed by atoms with Crippen LogP contribution in [0, 0.1) is 6.92 Å². The molecule has 0 saturated heterocycles. The average molecular weight is 287 g/mol. The van der Waals surface area contributed by atoms with Gasteiger partial charge in [0.1, 0.15) is 0 Å². The van der Waals surface area contributed by atoms with Crippen molar-refractivity contribution in [2.24, 2.45) is 0 Å². The zero-order valence-electron chi connectivity index (χ0n) is 11.4. The van der Waals surface area contributed by atoms with Gasteiger partial charge in [0.25, 0.3) is 0 Å². The van der Waals surface area contributed by atoms with Gasteiger partial charge in [0.05, 0.1) is 17.2 Å². The molecule has 0 fully saturated rings. The van der Waals surface area contributed by atoms with Gasteiger partial charge >= 0.3 is 0 Å². The highest BCUT2D eigenvalue weighted by Crippen LogP contribution is 2.25. The molecule has 2 heterocycles. The number of hydrogen-bond donors (Lipinski definition) is 2. The summed E-state index contributed by atoms with van der Waals surface area (Å²) < 4.78 is 0. The number of aromatic nitrogens is 1. The Hall–Kier alpha value is -1.88. The SMILES string of the molecule is Cc1nc(CNc2ccc3c(c2)CCCC(=O)N3)cs1. The minimum Gasteiger partial charge on any atom is -0.379 e. The normalized spacial score (nSPS) is 14.3. The number of nitrogens with zero attached hydrogens (tertiary/aromatic N) is 1. The fourth-order valence-electron chi connectivity index (χ4n) is 2.37. The monoisotopic (exact) mass is 287 g/mol. The van der Waals surface area contributed by atoms with E-state index in [4.69, 9.17) is 0 Å². The number of rotatable bonds is 3. The first-order valence-corrected chi connectivity index (χ1v) is 7.66. The number of amides is 1. The van der Waals surface area contributed by atoms with Crippen molar-refractivity contribution in [2.75, 3.05) is 10.6 Å². The van der Waals surface area contributed by atoms with E-state index in [1.807, 2.05) is 19.1 Å². The van der Waals surface area contributed by atoms with Crippen molar-refractivity contribution in [3.05, 3.63) is 39.8 Å². The van der Waals surface area contributed by atoms with Crippen LogP contribution in [0.25, 0.3) is 0 Å². The Bertz CT molecular complexity index is 636. The van der Waals surface area contributed by atoms with E-state index < -0.39 is 0 Å². The number of carbonyl (C=O) groups excluding carboxylic acids is 1. The van der Waals surface area contributed by atoms with Gasteiger partial charge in [0, 0.05) is 23.2 Å². The van der Waals surface area contributed by atoms with Gasteiger partial charge in [-0.25, -0.2) is 4.98 Å². The fourth-order valence-corrected chi connectivity index (χ4v) is 2.98. The molecule has 0 unspecified atom stereocenters. The van der Waals surface area contributed by atoms with Crippen LogP contribution in [0.1, 0.15) is 29.1 Å². The third-order valence-corrected chi connectivity index (χ3v) is 4.19. The second-order valence-corrected chi connectivity index (χ2v) is 6.05. The van der Waals surface area contributed by atoms with Crippen LogP contribution < -0.4 is 10.6 Å². The largest absolute Gasteiger partial charge is 0.379 e. The van der Waals surface area contributed by atoms with Crippen LogP contribution in [-0.2, 0) is 17.8 Å². The van der Waals surface area contributed by atoms with E-state index in [1.54, 1.807) is 11.3 Å². The number of thiazole rings is 1. The maximum Gasteiger partial charge on any atom is 0.224 e. The lowest BCUT2D eigenvalue weighted by atomic mass is 10.1. The molecule has 1 aromatic carbocycles. The molecule has 0 radical (unpaired) electrons. The molecular weight excluding hydrogens is 270 g/mol. The number of aryl methyl sites for hydroxylation is 2. The Kier molecular flexibility index (Phi) is 3.69. The standard InChI is InChI=1S/C15H17N3OS/c1-10-17-13(9-20-10)8-16-12-5-6-14-11(7-12)3-2-4-15(19)18-14/h5-7,9,16H,2-4,8H2,1H3,(H,18,19). The first-order chi connectivity index (χ1) is 9.70. The lowest BCUT2D eigenvalue weighted by Crippen LogP contribution is -2.09. The van der Waals surface area contributed by atoms with E-state index in [0.29, 0.717) is 6.42 Å². The number of nitrogens with one attached hydrogen (secondary N) is 2. The Labute approximate surface area is 122 Å². The number of hydrogen-bond acceptors (Lipinski definition) is 4. The van der Waals surface area contributed by atoms with E-state index >= 15 is 0 Å². The van der Waals surface area contributed by atoms with Crippen molar-refractivity contribution in [3.63, 3.8) is 0 Å². The number of anilines is 2. The van der Waals surface area contributed by atoms with Crippen molar-refractivity contribution in [2.45, 2.75) is 32.7 Å². The van der Waals surface area contributed by atoms with Crippen LogP contribution in [0.3, 0.4) is 0 Å². The highest BCUT2D eigenvalue weighted by atomic mass is 32.1. The predicted molar refractivity (Wildman–Crippen MR) is 82.2 cm³/mol. The summed E-state index contributed by atoms with van der Waals surface area (Å²) in [6, 6.07) is 6.11. The van der Waals surface area contributed by atoms with Crippen molar-refractivity contribution in [1.29, 1.82) is 0 Å². The Morgan fingerprint density at radius 3 is 3.10 bits per heavy atom. The smallest absolute Gasteiger partial charge is 0.224 e. The summed E-state index contributed by atoms with van der Waals surface area (Å²) in [4.78, 5) is 15.9. The van der Waals surface area contributed by atoms with Crippen LogP contribution in [-0.4, -0.2) is 10.9 Å². The molecule has 1 aliphatic heterocycles. The zero-order valence-corrected chi connectivity index (χ0v) is 12.2. The van der Waals surface area contributed by atoms with Crippen LogP contribution in [0.2, 0.25) is 0 Å². The minimum absolute atomic E-state index is 0.113. The topological polar surface area (TPSA) is 54.0 Å². The Morgan fingerprint density at radius 1 is 1.40 bits per heavy atom. The summed E-state index contributed by atoms with van der Waals surface area (Å²) in [6.07, 6.45) is 2.46. The van der Waals surface area contributed by atoms with E-state index in [2.05, 4.69) is 27.1 Å². The molecule has 104 valence electrons. The maximum atomic E-state index is 11.5. The summed E-state index contributed by atoms with van der Waals surface area (Å²) >= 11 is 1.67. The fraction of sp³-hybridized carbons (Fsp3) is 0.333. The quantitative estimate of drug-likeness (QED) is 0.910. The van der Waals surface area contributed by atoms with Crippen molar-refractivity contribution < 1.29 is 4.79 Å². The molecule has 1 aromatic heterocycles. The lowest BCUT2D eigenvalue weighted by Gasteiger charge is -2.10. The summed E-state index contributed by atoms with van der Waals surface area (Å²) in [7, 11) is 0. The highest BCUT2D eigenvalue weighted by molar-refractivity contribution is 7.09. The van der Waals surface area contributed by atoms with Gasteiger partial charge in [-0.05, 0) is 43.5 Å². The Balaban J connectivity index is 1.72. The molecule has 0 spiro atoms. The van der Waals surface area contributed by atoms with Crippen LogP contribution in [0.5, 0.6) is 0 Å². The molecule has 20 heavy (non-hydrogen) atoms. The van der Waals surface area contributed by atoms with Gasteiger partial charge in [-0.15, -0.1) is 11.3 Å². The number of carbonyl (C=O) groups is 1. The van der Waals surface area contributed by atoms with Gasteiger partial charge in [0.2, 0.25) is 5.91 Å². The predicted octanol–water partition coefficient (Wildman–Crippen LogP) is 3.34. The van der Waals surface area contributed by atoms with Gasteiger partial charge in [-0.3, -0.25) is 4.79 Å². The van der Waals surface area contributed by atoms with Crippen molar-refractivity contribution >= 4 is 28.6 Å². The second-order valence-electron chi connectivity index (χ2n) is 4.99. The second kappa shape index (κ2) is 5.63. The van der Waals surface area contributed by atoms with Crippen LogP contribution >= 0.6 is 11.3 Å². The summed E-state index contributed by atoms with van der Waals surface area (Å²) in [5.41, 5.74) is 4.29. The van der Waals surface area contributed by atoms with Crippen molar-refractivity contribution in [1.82, 2.24) is 4.98 Å². The molecule has 0 atom stereocenters. The summed E-state index contributed by atoms with van der Waals surface area (Å²) in [6.45, 7) is 2.74. The minimum atomic E-state index is 0.113. The molecular formula is C15H17N3OS. The first kappa shape index (κ1) is 13.1.